The Morgan fingerprint density at radius 2 is 2.00 bits per heavy atom. The molecule has 0 aliphatic carbocycles. The zero-order valence-electron chi connectivity index (χ0n) is 12.0. The average molecular weight is 305 g/mol. The van der Waals surface area contributed by atoms with Crippen molar-refractivity contribution in [2.45, 2.75) is 6.54 Å². The molecular formula is C16H17ClN2O2. The molecule has 0 fully saturated rings. The van der Waals surface area contributed by atoms with E-state index in [-0.39, 0.29) is 5.91 Å². The molecule has 0 saturated carbocycles. The summed E-state index contributed by atoms with van der Waals surface area (Å²) < 4.78 is 5.18. The summed E-state index contributed by atoms with van der Waals surface area (Å²) >= 11 is 6.07. The van der Waals surface area contributed by atoms with Gasteiger partial charge in [0.2, 0.25) is 0 Å². The molecule has 5 heteroatoms. The second kappa shape index (κ2) is 6.50. The molecule has 0 heterocycles. The lowest BCUT2D eigenvalue weighted by atomic mass is 10.1. The lowest BCUT2D eigenvalue weighted by Gasteiger charge is -2.19. The minimum atomic E-state index is -0.207. The Hall–Kier alpha value is -2.20. The highest BCUT2D eigenvalue weighted by atomic mass is 35.5. The Kier molecular flexibility index (Phi) is 4.70. The van der Waals surface area contributed by atoms with Crippen molar-refractivity contribution < 1.29 is 9.53 Å². The van der Waals surface area contributed by atoms with Crippen molar-refractivity contribution in [3.63, 3.8) is 0 Å². The molecule has 2 rings (SSSR count). The molecule has 0 aliphatic heterocycles. The van der Waals surface area contributed by atoms with Gasteiger partial charge < -0.3 is 15.4 Å². The number of nitrogens with zero attached hydrogens (tertiary/aromatic N) is 1. The van der Waals surface area contributed by atoms with Crippen LogP contribution in [0.2, 0.25) is 5.02 Å². The maximum Gasteiger partial charge on any atom is 0.257 e. The molecule has 0 saturated heterocycles. The van der Waals surface area contributed by atoms with Gasteiger partial charge in [-0.15, -0.1) is 0 Å². The van der Waals surface area contributed by atoms with E-state index in [2.05, 4.69) is 0 Å². The first-order chi connectivity index (χ1) is 10.0. The number of rotatable bonds is 4. The number of hydrogen-bond donors (Lipinski definition) is 1. The summed E-state index contributed by atoms with van der Waals surface area (Å²) in [7, 11) is 3.32. The number of methoxy groups -OCH3 is 1. The van der Waals surface area contributed by atoms with Gasteiger partial charge in [-0.3, -0.25) is 4.79 Å². The third-order valence-corrected chi connectivity index (χ3v) is 3.48. The number of anilines is 1. The van der Waals surface area contributed by atoms with Crippen LogP contribution in [0.3, 0.4) is 0 Å². The Morgan fingerprint density at radius 1 is 1.29 bits per heavy atom. The van der Waals surface area contributed by atoms with E-state index in [1.807, 2.05) is 24.3 Å². The number of ether oxygens (including phenoxy) is 1. The Bertz CT molecular complexity index is 638. The first-order valence-electron chi connectivity index (χ1n) is 6.45. The minimum Gasteiger partial charge on any atom is -0.497 e. The van der Waals surface area contributed by atoms with Crippen LogP contribution in [0.25, 0.3) is 0 Å². The quantitative estimate of drug-likeness (QED) is 0.883. The van der Waals surface area contributed by atoms with E-state index in [4.69, 9.17) is 22.1 Å². The molecule has 0 aliphatic rings. The minimum absolute atomic E-state index is 0.207. The van der Waals surface area contributed by atoms with Gasteiger partial charge in [0.25, 0.3) is 5.91 Å². The van der Waals surface area contributed by atoms with E-state index >= 15 is 0 Å². The summed E-state index contributed by atoms with van der Waals surface area (Å²) in [6, 6.07) is 12.6. The van der Waals surface area contributed by atoms with Crippen molar-refractivity contribution in [2.24, 2.45) is 0 Å². The summed E-state index contributed by atoms with van der Waals surface area (Å²) in [6.45, 7) is 0.445. The van der Waals surface area contributed by atoms with Crippen LogP contribution in [0.5, 0.6) is 5.75 Å². The highest BCUT2D eigenvalue weighted by molar-refractivity contribution is 6.34. The maximum atomic E-state index is 12.5. The monoisotopic (exact) mass is 304 g/mol. The smallest absolute Gasteiger partial charge is 0.257 e. The van der Waals surface area contributed by atoms with Gasteiger partial charge in [0, 0.05) is 19.3 Å². The first-order valence-corrected chi connectivity index (χ1v) is 6.83. The molecule has 0 radical (unpaired) electrons. The van der Waals surface area contributed by atoms with Crippen molar-refractivity contribution >= 4 is 23.2 Å². The van der Waals surface area contributed by atoms with E-state index in [1.54, 1.807) is 37.3 Å². The van der Waals surface area contributed by atoms with E-state index in [1.165, 1.54) is 0 Å². The first kappa shape index (κ1) is 15.2. The van der Waals surface area contributed by atoms with Gasteiger partial charge in [-0.25, -0.2) is 0 Å². The van der Waals surface area contributed by atoms with Gasteiger partial charge in [0.15, 0.2) is 0 Å². The lowest BCUT2D eigenvalue weighted by Crippen LogP contribution is -2.27. The van der Waals surface area contributed by atoms with E-state index in [0.29, 0.717) is 22.8 Å². The molecule has 0 unspecified atom stereocenters. The Balaban J connectivity index is 2.19. The fourth-order valence-corrected chi connectivity index (χ4v) is 2.34. The van der Waals surface area contributed by atoms with Crippen LogP contribution in [0.1, 0.15) is 15.9 Å². The van der Waals surface area contributed by atoms with E-state index in [9.17, 15) is 4.79 Å². The van der Waals surface area contributed by atoms with Gasteiger partial charge >= 0.3 is 0 Å². The highest BCUT2D eigenvalue weighted by Gasteiger charge is 2.18. The third-order valence-electron chi connectivity index (χ3n) is 3.16. The van der Waals surface area contributed by atoms with Crippen molar-refractivity contribution in [3.8, 4) is 5.75 Å². The summed E-state index contributed by atoms with van der Waals surface area (Å²) in [5, 5.41) is 0.359. The predicted octanol–water partition coefficient (Wildman–Crippen LogP) is 3.20. The van der Waals surface area contributed by atoms with Crippen LogP contribution >= 0.6 is 11.6 Å². The molecule has 2 N–H and O–H groups in total. The Morgan fingerprint density at radius 3 is 2.67 bits per heavy atom. The number of carbonyl (C=O) groups is 1. The zero-order chi connectivity index (χ0) is 15.4. The predicted molar refractivity (Wildman–Crippen MR) is 84.7 cm³/mol. The van der Waals surface area contributed by atoms with Crippen molar-refractivity contribution in [2.75, 3.05) is 19.9 Å². The molecule has 21 heavy (non-hydrogen) atoms. The maximum absolute atomic E-state index is 12.5. The standard InChI is InChI=1S/C16H17ClN2O2/c1-19(10-11-5-3-6-12(9-11)21-2)16(20)15-13(17)7-4-8-14(15)18/h3-9H,10,18H2,1-2H3. The number of nitrogens with two attached hydrogens (primary N) is 1. The topological polar surface area (TPSA) is 55.6 Å². The molecule has 0 atom stereocenters. The van der Waals surface area contributed by atoms with Crippen molar-refractivity contribution in [1.29, 1.82) is 0 Å². The van der Waals surface area contributed by atoms with Crippen LogP contribution in [0.15, 0.2) is 42.5 Å². The summed E-state index contributed by atoms with van der Waals surface area (Å²) in [6.07, 6.45) is 0. The van der Waals surface area contributed by atoms with Gasteiger partial charge in [0.05, 0.1) is 17.7 Å². The number of hydrogen-bond acceptors (Lipinski definition) is 3. The number of nitrogen functional groups attached to an aromatic ring is 1. The van der Waals surface area contributed by atoms with Crippen LogP contribution in [0.4, 0.5) is 5.69 Å². The molecule has 4 nitrogen and oxygen atoms in total. The largest absolute Gasteiger partial charge is 0.497 e. The van der Waals surface area contributed by atoms with Crippen LogP contribution < -0.4 is 10.5 Å². The van der Waals surface area contributed by atoms with Gasteiger partial charge in [-0.2, -0.15) is 0 Å². The SMILES string of the molecule is COc1cccc(CN(C)C(=O)c2c(N)cccc2Cl)c1. The Labute approximate surface area is 129 Å². The number of benzene rings is 2. The fraction of sp³-hybridized carbons (Fsp3) is 0.188. The number of carbonyl (C=O) groups excluding carboxylic acids is 1. The van der Waals surface area contributed by atoms with Crippen molar-refractivity contribution in [3.05, 3.63) is 58.6 Å². The number of amides is 1. The van der Waals surface area contributed by atoms with Gasteiger partial charge in [-0.05, 0) is 29.8 Å². The summed E-state index contributed by atoms with van der Waals surface area (Å²) in [4.78, 5) is 14.1. The van der Waals surface area contributed by atoms with Gasteiger partial charge in [-0.1, -0.05) is 29.8 Å². The zero-order valence-corrected chi connectivity index (χ0v) is 12.7. The molecule has 0 aromatic heterocycles. The highest BCUT2D eigenvalue weighted by Crippen LogP contribution is 2.24. The summed E-state index contributed by atoms with van der Waals surface area (Å²) in [5.74, 6) is 0.548. The lowest BCUT2D eigenvalue weighted by molar-refractivity contribution is 0.0786. The average Bonchev–Trinajstić information content (AvgIpc) is 2.47. The molecule has 2 aromatic rings. The molecule has 0 spiro atoms. The molecule has 1 amide bonds. The second-order valence-electron chi connectivity index (χ2n) is 4.72. The van der Waals surface area contributed by atoms with E-state index in [0.717, 1.165) is 11.3 Å². The summed E-state index contributed by atoms with van der Waals surface area (Å²) in [5.41, 5.74) is 7.53. The molecular weight excluding hydrogens is 288 g/mol. The third kappa shape index (κ3) is 3.47. The fourth-order valence-electron chi connectivity index (χ4n) is 2.07. The van der Waals surface area contributed by atoms with E-state index < -0.39 is 0 Å². The van der Waals surface area contributed by atoms with Crippen LogP contribution in [-0.4, -0.2) is 25.0 Å². The normalized spacial score (nSPS) is 10.2. The molecule has 2 aromatic carbocycles. The van der Waals surface area contributed by atoms with Crippen LogP contribution in [0, 0.1) is 0 Å². The van der Waals surface area contributed by atoms with Crippen molar-refractivity contribution in [1.82, 2.24) is 4.90 Å². The van der Waals surface area contributed by atoms with Crippen LogP contribution in [-0.2, 0) is 6.54 Å². The molecule has 0 bridgehead atoms. The second-order valence-corrected chi connectivity index (χ2v) is 5.12. The molecule has 110 valence electrons. The number of halogens is 1. The van der Waals surface area contributed by atoms with Gasteiger partial charge in [0.1, 0.15) is 5.75 Å².